The monoisotopic (exact) mass is 200 g/mol. The third kappa shape index (κ3) is 7.34. The summed E-state index contributed by atoms with van der Waals surface area (Å²) in [5.74, 6) is 0.673. The van der Waals surface area contributed by atoms with E-state index in [1.165, 1.54) is 12.8 Å². The van der Waals surface area contributed by atoms with E-state index in [2.05, 4.69) is 39.6 Å². The quantitative estimate of drug-likeness (QED) is 0.713. The van der Waals surface area contributed by atoms with Gasteiger partial charge in [0.2, 0.25) is 0 Å². The zero-order valence-electron chi connectivity index (χ0n) is 10.6. The van der Waals surface area contributed by atoms with Gasteiger partial charge in [0.15, 0.2) is 0 Å². The first-order valence-electron chi connectivity index (χ1n) is 5.77. The number of nitrogens with zero attached hydrogens (tertiary/aromatic N) is 1. The standard InChI is InChI=1S/C12H28N2/c1-6-7-11(8-13)9-14(5)10-12(2,3)4/h11H,6-10,13H2,1-5H3. The van der Waals surface area contributed by atoms with Crippen molar-refractivity contribution in [1.29, 1.82) is 0 Å². The van der Waals surface area contributed by atoms with Gasteiger partial charge >= 0.3 is 0 Å². The molecule has 0 aliphatic carbocycles. The van der Waals surface area contributed by atoms with E-state index in [0.29, 0.717) is 11.3 Å². The van der Waals surface area contributed by atoms with Crippen molar-refractivity contribution in [3.8, 4) is 0 Å². The van der Waals surface area contributed by atoms with Crippen molar-refractivity contribution in [2.24, 2.45) is 17.1 Å². The fourth-order valence-corrected chi connectivity index (χ4v) is 2.01. The van der Waals surface area contributed by atoms with Gasteiger partial charge in [0, 0.05) is 13.1 Å². The zero-order valence-corrected chi connectivity index (χ0v) is 10.6. The van der Waals surface area contributed by atoms with Gasteiger partial charge in [-0.25, -0.2) is 0 Å². The molecule has 0 rings (SSSR count). The van der Waals surface area contributed by atoms with Gasteiger partial charge in [0.05, 0.1) is 0 Å². The van der Waals surface area contributed by atoms with Crippen LogP contribution in [0.15, 0.2) is 0 Å². The van der Waals surface area contributed by atoms with E-state index in [1.807, 2.05) is 0 Å². The molecule has 0 saturated carbocycles. The second kappa shape index (κ2) is 6.41. The summed E-state index contributed by atoms with van der Waals surface area (Å²) in [5, 5.41) is 0. The molecule has 14 heavy (non-hydrogen) atoms. The minimum absolute atomic E-state index is 0.389. The fraction of sp³-hybridized carbons (Fsp3) is 1.00. The lowest BCUT2D eigenvalue weighted by molar-refractivity contribution is 0.197. The maximum Gasteiger partial charge on any atom is 0.00271 e. The Kier molecular flexibility index (Phi) is 6.38. The first-order valence-corrected chi connectivity index (χ1v) is 5.77. The maximum absolute atomic E-state index is 5.74. The highest BCUT2D eigenvalue weighted by Gasteiger charge is 2.15. The van der Waals surface area contributed by atoms with Gasteiger partial charge in [-0.3, -0.25) is 0 Å². The van der Waals surface area contributed by atoms with Crippen molar-refractivity contribution in [1.82, 2.24) is 4.90 Å². The summed E-state index contributed by atoms with van der Waals surface area (Å²) in [7, 11) is 2.20. The largest absolute Gasteiger partial charge is 0.330 e. The number of hydrogen-bond donors (Lipinski definition) is 1. The van der Waals surface area contributed by atoms with Crippen molar-refractivity contribution < 1.29 is 0 Å². The Morgan fingerprint density at radius 2 is 1.86 bits per heavy atom. The number of nitrogens with two attached hydrogens (primary N) is 1. The summed E-state index contributed by atoms with van der Waals surface area (Å²) < 4.78 is 0. The van der Waals surface area contributed by atoms with Crippen molar-refractivity contribution in [3.63, 3.8) is 0 Å². The SMILES string of the molecule is CCCC(CN)CN(C)CC(C)(C)C. The van der Waals surface area contributed by atoms with E-state index < -0.39 is 0 Å². The van der Waals surface area contributed by atoms with Crippen molar-refractivity contribution in [3.05, 3.63) is 0 Å². The Labute approximate surface area is 89.9 Å². The highest BCUT2D eigenvalue weighted by atomic mass is 15.1. The summed E-state index contributed by atoms with van der Waals surface area (Å²) in [6.07, 6.45) is 2.50. The number of hydrogen-bond acceptors (Lipinski definition) is 2. The predicted octanol–water partition coefficient (Wildman–Crippen LogP) is 2.34. The molecule has 0 aromatic heterocycles. The highest BCUT2D eigenvalue weighted by molar-refractivity contribution is 4.70. The summed E-state index contributed by atoms with van der Waals surface area (Å²) in [5.41, 5.74) is 6.13. The first-order chi connectivity index (χ1) is 6.39. The van der Waals surface area contributed by atoms with Gasteiger partial charge in [-0.2, -0.15) is 0 Å². The smallest absolute Gasteiger partial charge is 0.00271 e. The highest BCUT2D eigenvalue weighted by Crippen LogP contribution is 2.15. The van der Waals surface area contributed by atoms with Crippen molar-refractivity contribution >= 4 is 0 Å². The molecule has 1 unspecified atom stereocenters. The average Bonchev–Trinajstić information content (AvgIpc) is 2.00. The molecular formula is C12H28N2. The van der Waals surface area contributed by atoms with E-state index in [4.69, 9.17) is 5.73 Å². The maximum atomic E-state index is 5.74. The van der Waals surface area contributed by atoms with Crippen LogP contribution in [0.1, 0.15) is 40.5 Å². The number of rotatable bonds is 6. The Morgan fingerprint density at radius 3 is 2.21 bits per heavy atom. The molecule has 0 aliphatic heterocycles. The van der Waals surface area contributed by atoms with Crippen LogP contribution in [-0.2, 0) is 0 Å². The topological polar surface area (TPSA) is 29.3 Å². The summed E-state index contributed by atoms with van der Waals surface area (Å²) in [4.78, 5) is 2.41. The van der Waals surface area contributed by atoms with Crippen LogP contribution in [0.5, 0.6) is 0 Å². The molecule has 1 atom stereocenters. The van der Waals surface area contributed by atoms with Gasteiger partial charge in [-0.05, 0) is 31.3 Å². The Hall–Kier alpha value is -0.0800. The van der Waals surface area contributed by atoms with Crippen LogP contribution in [0.2, 0.25) is 0 Å². The lowest BCUT2D eigenvalue weighted by Crippen LogP contribution is -2.35. The molecule has 0 spiro atoms. The van der Waals surface area contributed by atoms with E-state index in [-0.39, 0.29) is 0 Å². The van der Waals surface area contributed by atoms with Crippen LogP contribution in [0.4, 0.5) is 0 Å². The van der Waals surface area contributed by atoms with Gasteiger partial charge in [0.25, 0.3) is 0 Å². The lowest BCUT2D eigenvalue weighted by Gasteiger charge is -2.29. The molecule has 0 radical (unpaired) electrons. The molecule has 86 valence electrons. The molecule has 0 aromatic rings. The molecule has 2 N–H and O–H groups in total. The van der Waals surface area contributed by atoms with Gasteiger partial charge < -0.3 is 10.6 Å². The minimum Gasteiger partial charge on any atom is -0.330 e. The molecule has 0 amide bonds. The molecule has 2 heteroatoms. The van der Waals surface area contributed by atoms with Crippen molar-refractivity contribution in [2.45, 2.75) is 40.5 Å². The summed E-state index contributed by atoms with van der Waals surface area (Å²) >= 11 is 0. The van der Waals surface area contributed by atoms with Crippen LogP contribution in [0.3, 0.4) is 0 Å². The molecule has 0 fully saturated rings. The molecular weight excluding hydrogens is 172 g/mol. The molecule has 2 nitrogen and oxygen atoms in total. The van der Waals surface area contributed by atoms with Crippen LogP contribution < -0.4 is 5.73 Å². The first kappa shape index (κ1) is 13.9. The van der Waals surface area contributed by atoms with E-state index in [9.17, 15) is 0 Å². The van der Waals surface area contributed by atoms with E-state index in [1.54, 1.807) is 0 Å². The van der Waals surface area contributed by atoms with E-state index >= 15 is 0 Å². The molecule has 0 aliphatic rings. The predicted molar refractivity (Wildman–Crippen MR) is 64.4 cm³/mol. The third-order valence-electron chi connectivity index (χ3n) is 2.34. The second-order valence-electron chi connectivity index (χ2n) is 5.65. The van der Waals surface area contributed by atoms with Crippen LogP contribution in [-0.4, -0.2) is 31.6 Å². The lowest BCUT2D eigenvalue weighted by atomic mass is 9.95. The molecule has 0 saturated heterocycles. The van der Waals surface area contributed by atoms with Gasteiger partial charge in [-0.15, -0.1) is 0 Å². The Morgan fingerprint density at radius 1 is 1.29 bits per heavy atom. The third-order valence-corrected chi connectivity index (χ3v) is 2.34. The Balaban J connectivity index is 3.84. The van der Waals surface area contributed by atoms with Gasteiger partial charge in [-0.1, -0.05) is 34.1 Å². The zero-order chi connectivity index (χ0) is 11.2. The second-order valence-corrected chi connectivity index (χ2v) is 5.65. The van der Waals surface area contributed by atoms with Crippen LogP contribution >= 0.6 is 0 Å². The summed E-state index contributed by atoms with van der Waals surface area (Å²) in [6, 6.07) is 0. The minimum atomic E-state index is 0.389. The Bertz CT molecular complexity index is 138. The normalized spacial score (nSPS) is 14.8. The molecule has 0 aromatic carbocycles. The molecule has 0 bridgehead atoms. The van der Waals surface area contributed by atoms with Crippen LogP contribution in [0.25, 0.3) is 0 Å². The average molecular weight is 200 g/mol. The molecule has 0 heterocycles. The summed E-state index contributed by atoms with van der Waals surface area (Å²) in [6.45, 7) is 12.2. The van der Waals surface area contributed by atoms with Crippen molar-refractivity contribution in [2.75, 3.05) is 26.7 Å². The van der Waals surface area contributed by atoms with Gasteiger partial charge in [0.1, 0.15) is 0 Å². The van der Waals surface area contributed by atoms with Crippen LogP contribution in [0, 0.1) is 11.3 Å². The van der Waals surface area contributed by atoms with E-state index in [0.717, 1.165) is 19.6 Å². The fourth-order valence-electron chi connectivity index (χ4n) is 2.01.